The average molecular weight is 473 g/mol. The summed E-state index contributed by atoms with van der Waals surface area (Å²) >= 11 is 0. The number of amides is 2. The van der Waals surface area contributed by atoms with Gasteiger partial charge in [0.25, 0.3) is 5.56 Å². The summed E-state index contributed by atoms with van der Waals surface area (Å²) in [5, 5.41) is 5.38. The Balaban J connectivity index is 1.41. The molecule has 9 heteroatoms. The van der Waals surface area contributed by atoms with E-state index in [2.05, 4.69) is 15.6 Å². The number of urea groups is 1. The second-order valence-corrected chi connectivity index (χ2v) is 7.68. The van der Waals surface area contributed by atoms with Crippen LogP contribution in [0.2, 0.25) is 0 Å². The number of nitrogens with zero attached hydrogens (tertiary/aromatic N) is 2. The molecular weight excluding hydrogens is 448 g/mol. The zero-order valence-electron chi connectivity index (χ0n) is 19.3. The van der Waals surface area contributed by atoms with Crippen LogP contribution in [0.3, 0.4) is 0 Å². The average Bonchev–Trinajstić information content (AvgIpc) is 2.84. The number of ether oxygens (including phenoxy) is 2. The maximum absolute atomic E-state index is 12.5. The Morgan fingerprint density at radius 1 is 1.00 bits per heavy atom. The number of aryl methyl sites for hydroxylation is 1. The van der Waals surface area contributed by atoms with E-state index in [9.17, 15) is 14.4 Å². The number of benzene rings is 2. The van der Waals surface area contributed by atoms with Crippen molar-refractivity contribution in [3.63, 3.8) is 0 Å². The quantitative estimate of drug-likeness (QED) is 0.386. The molecule has 0 fully saturated rings. The highest BCUT2D eigenvalue weighted by atomic mass is 16.5. The van der Waals surface area contributed by atoms with Crippen LogP contribution >= 0.6 is 0 Å². The fourth-order valence-corrected chi connectivity index (χ4v) is 3.42. The summed E-state index contributed by atoms with van der Waals surface area (Å²) in [6.45, 7) is 3.94. The molecule has 0 aliphatic carbocycles. The summed E-state index contributed by atoms with van der Waals surface area (Å²) in [5.41, 5.74) is 2.88. The number of hydrogen-bond acceptors (Lipinski definition) is 6. The minimum atomic E-state index is -0.529. The molecule has 0 atom stereocenters. The summed E-state index contributed by atoms with van der Waals surface area (Å²) < 4.78 is 12.3. The number of carbonyl (C=O) groups is 2. The highest BCUT2D eigenvalue weighted by Crippen LogP contribution is 2.20. The third-order valence-corrected chi connectivity index (χ3v) is 5.01. The molecule has 2 aromatic carbocycles. The van der Waals surface area contributed by atoms with E-state index in [0.717, 1.165) is 5.56 Å². The van der Waals surface area contributed by atoms with Crippen molar-refractivity contribution in [3.05, 3.63) is 100 Å². The van der Waals surface area contributed by atoms with E-state index in [1.54, 1.807) is 67.7 Å². The maximum atomic E-state index is 12.5. The Morgan fingerprint density at radius 3 is 2.66 bits per heavy atom. The van der Waals surface area contributed by atoms with Gasteiger partial charge in [0.15, 0.2) is 0 Å². The van der Waals surface area contributed by atoms with Gasteiger partial charge < -0.3 is 20.1 Å². The van der Waals surface area contributed by atoms with Gasteiger partial charge in [0.2, 0.25) is 0 Å². The van der Waals surface area contributed by atoms with Crippen molar-refractivity contribution in [1.82, 2.24) is 9.38 Å². The van der Waals surface area contributed by atoms with Crippen molar-refractivity contribution in [3.8, 4) is 5.75 Å². The lowest BCUT2D eigenvalue weighted by Gasteiger charge is -2.12. The van der Waals surface area contributed by atoms with Crippen molar-refractivity contribution in [2.24, 2.45) is 0 Å². The van der Waals surface area contributed by atoms with Gasteiger partial charge in [-0.15, -0.1) is 0 Å². The predicted octanol–water partition coefficient (Wildman–Crippen LogP) is 4.40. The summed E-state index contributed by atoms with van der Waals surface area (Å²) in [6, 6.07) is 18.0. The van der Waals surface area contributed by atoms with Gasteiger partial charge in [0, 0.05) is 24.0 Å². The molecule has 2 aromatic heterocycles. The first-order chi connectivity index (χ1) is 16.9. The van der Waals surface area contributed by atoms with E-state index >= 15 is 0 Å². The van der Waals surface area contributed by atoms with Crippen LogP contribution < -0.4 is 20.9 Å². The molecule has 9 nitrogen and oxygen atoms in total. The SMILES string of the molecule is CCOC(=O)c1ccccc1NC(=O)Nc1cccc(OCc2cc(=O)n3cc(C)ccc3n2)c1. The van der Waals surface area contributed by atoms with E-state index in [4.69, 9.17) is 9.47 Å². The number of rotatable bonds is 7. The van der Waals surface area contributed by atoms with Crippen LogP contribution in [0.25, 0.3) is 5.65 Å². The topological polar surface area (TPSA) is 111 Å². The molecule has 0 saturated carbocycles. The van der Waals surface area contributed by atoms with Crippen molar-refractivity contribution in [2.75, 3.05) is 17.2 Å². The van der Waals surface area contributed by atoms with E-state index in [1.165, 1.54) is 10.5 Å². The number of para-hydroxylation sites is 1. The number of aromatic nitrogens is 2. The van der Waals surface area contributed by atoms with Gasteiger partial charge in [0.05, 0.1) is 23.6 Å². The van der Waals surface area contributed by atoms with Gasteiger partial charge in [0.1, 0.15) is 18.0 Å². The first-order valence-corrected chi connectivity index (χ1v) is 11.0. The highest BCUT2D eigenvalue weighted by Gasteiger charge is 2.14. The van der Waals surface area contributed by atoms with Crippen molar-refractivity contribution in [1.29, 1.82) is 0 Å². The Hall–Kier alpha value is -4.66. The molecule has 0 spiro atoms. The van der Waals surface area contributed by atoms with Gasteiger partial charge in [-0.3, -0.25) is 9.20 Å². The van der Waals surface area contributed by atoms with Gasteiger partial charge in [-0.2, -0.15) is 0 Å². The second-order valence-electron chi connectivity index (χ2n) is 7.68. The molecule has 0 saturated heterocycles. The summed E-state index contributed by atoms with van der Waals surface area (Å²) in [6.07, 6.45) is 1.74. The Bertz CT molecular complexity index is 1450. The maximum Gasteiger partial charge on any atom is 0.340 e. The Kier molecular flexibility index (Phi) is 7.06. The largest absolute Gasteiger partial charge is 0.487 e. The summed E-state index contributed by atoms with van der Waals surface area (Å²) in [7, 11) is 0. The standard InChI is InChI=1S/C26H24N4O5/c1-3-34-25(32)21-9-4-5-10-22(21)29-26(33)28-18-7-6-8-20(13-18)35-16-19-14-24(31)30-15-17(2)11-12-23(30)27-19/h4-15H,3,16H2,1-2H3,(H2,28,29,33). The van der Waals surface area contributed by atoms with E-state index < -0.39 is 12.0 Å². The summed E-state index contributed by atoms with van der Waals surface area (Å²) in [5.74, 6) is -0.0310. The minimum absolute atomic E-state index is 0.0855. The van der Waals surface area contributed by atoms with Crippen molar-refractivity contribution in [2.45, 2.75) is 20.5 Å². The molecule has 0 unspecified atom stereocenters. The van der Waals surface area contributed by atoms with Crippen LogP contribution in [-0.2, 0) is 11.3 Å². The molecule has 2 N–H and O–H groups in total. The molecule has 4 rings (SSSR count). The van der Waals surface area contributed by atoms with Crippen molar-refractivity contribution < 1.29 is 19.1 Å². The first kappa shape index (κ1) is 23.5. The van der Waals surface area contributed by atoms with Crippen LogP contribution in [0.15, 0.2) is 77.7 Å². The molecule has 0 aliphatic rings. The fourth-order valence-electron chi connectivity index (χ4n) is 3.42. The zero-order chi connectivity index (χ0) is 24.8. The van der Waals surface area contributed by atoms with E-state index in [1.807, 2.05) is 13.0 Å². The number of nitrogens with one attached hydrogen (secondary N) is 2. The lowest BCUT2D eigenvalue weighted by atomic mass is 10.2. The van der Waals surface area contributed by atoms with Crippen molar-refractivity contribution >= 4 is 29.0 Å². The third-order valence-electron chi connectivity index (χ3n) is 5.01. The molecule has 178 valence electrons. The predicted molar refractivity (Wildman–Crippen MR) is 132 cm³/mol. The van der Waals surface area contributed by atoms with E-state index in [0.29, 0.717) is 28.5 Å². The van der Waals surface area contributed by atoms with Gasteiger partial charge >= 0.3 is 12.0 Å². The number of carbonyl (C=O) groups excluding carboxylic acids is 2. The van der Waals surface area contributed by atoms with Crippen LogP contribution in [0.5, 0.6) is 5.75 Å². The number of pyridine rings is 1. The van der Waals surface area contributed by atoms with Gasteiger partial charge in [-0.1, -0.05) is 24.3 Å². The van der Waals surface area contributed by atoms with Gasteiger partial charge in [-0.25, -0.2) is 14.6 Å². The molecule has 35 heavy (non-hydrogen) atoms. The lowest BCUT2D eigenvalue weighted by Crippen LogP contribution is -2.21. The Labute approximate surface area is 201 Å². The summed E-state index contributed by atoms with van der Waals surface area (Å²) in [4.78, 5) is 41.5. The van der Waals surface area contributed by atoms with Crippen LogP contribution in [0.4, 0.5) is 16.2 Å². The van der Waals surface area contributed by atoms with Gasteiger partial charge in [-0.05, 0) is 49.7 Å². The molecule has 4 aromatic rings. The number of anilines is 2. The molecule has 0 bridgehead atoms. The molecule has 2 amide bonds. The number of esters is 1. The monoisotopic (exact) mass is 472 g/mol. The van der Waals surface area contributed by atoms with Crippen LogP contribution in [0.1, 0.15) is 28.5 Å². The van der Waals surface area contributed by atoms with E-state index in [-0.39, 0.29) is 24.3 Å². The zero-order valence-corrected chi connectivity index (χ0v) is 19.3. The normalized spacial score (nSPS) is 10.6. The number of hydrogen-bond donors (Lipinski definition) is 2. The molecular formula is C26H24N4O5. The lowest BCUT2D eigenvalue weighted by molar-refractivity contribution is 0.0527. The minimum Gasteiger partial charge on any atom is -0.487 e. The third kappa shape index (κ3) is 5.83. The molecule has 0 aliphatic heterocycles. The number of fused-ring (bicyclic) bond motifs is 1. The molecule has 0 radical (unpaired) electrons. The van der Waals surface area contributed by atoms with Crippen LogP contribution in [-0.4, -0.2) is 28.0 Å². The fraction of sp³-hybridized carbons (Fsp3) is 0.154. The van der Waals surface area contributed by atoms with Crippen LogP contribution in [0, 0.1) is 6.92 Å². The smallest absolute Gasteiger partial charge is 0.340 e. The highest BCUT2D eigenvalue weighted by molar-refractivity contribution is 6.05. The second kappa shape index (κ2) is 10.5. The first-order valence-electron chi connectivity index (χ1n) is 11.0. The molecule has 2 heterocycles. The Morgan fingerprint density at radius 2 is 1.83 bits per heavy atom.